The van der Waals surface area contributed by atoms with Crippen LogP contribution in [-0.4, -0.2) is 23.1 Å². The summed E-state index contributed by atoms with van der Waals surface area (Å²) in [6.45, 7) is 3.27. The van der Waals surface area contributed by atoms with E-state index in [1.54, 1.807) is 13.8 Å². The van der Waals surface area contributed by atoms with Crippen LogP contribution in [0.4, 0.5) is 0 Å². The number of hydrogen-bond donors (Lipinski definition) is 0. The zero-order chi connectivity index (χ0) is 18.9. The highest BCUT2D eigenvalue weighted by atomic mass is 16.5. The van der Waals surface area contributed by atoms with E-state index in [1.807, 2.05) is 11.9 Å². The fourth-order valence-electron chi connectivity index (χ4n) is 3.96. The smallest absolute Gasteiger partial charge is 0.178 e. The molecule has 0 unspecified atom stereocenters. The minimum absolute atomic E-state index is 0.251. The molecular weight excluding hydrogens is 328 g/mol. The fourth-order valence-corrected chi connectivity index (χ4v) is 3.96. The average Bonchev–Trinajstić information content (AvgIpc) is 3.01. The summed E-state index contributed by atoms with van der Waals surface area (Å²) in [7, 11) is 0. The Balaban J connectivity index is 2.37. The molecule has 0 radical (unpaired) electrons. The van der Waals surface area contributed by atoms with Crippen LogP contribution in [0, 0.1) is 11.8 Å². The van der Waals surface area contributed by atoms with Crippen LogP contribution < -0.4 is 0 Å². The van der Waals surface area contributed by atoms with E-state index in [2.05, 4.69) is 11.8 Å². The Morgan fingerprint density at radius 1 is 0.615 bits per heavy atom. The van der Waals surface area contributed by atoms with E-state index in [0.717, 1.165) is 77.0 Å². The van der Waals surface area contributed by atoms with Gasteiger partial charge in [0.25, 0.3) is 0 Å². The van der Waals surface area contributed by atoms with Gasteiger partial charge in [-0.2, -0.15) is 0 Å². The molecule has 0 N–H and O–H groups in total. The van der Waals surface area contributed by atoms with Gasteiger partial charge < -0.3 is 9.47 Å². The van der Waals surface area contributed by atoms with Gasteiger partial charge in [0.1, 0.15) is 0 Å². The largest absolute Gasteiger partial charge is 0.468 e. The van der Waals surface area contributed by atoms with Gasteiger partial charge in [-0.3, -0.25) is 0 Å². The first-order valence-electron chi connectivity index (χ1n) is 9.89. The van der Waals surface area contributed by atoms with Crippen molar-refractivity contribution in [1.29, 1.82) is 0 Å². The first-order chi connectivity index (χ1) is 12.5. The summed E-state index contributed by atoms with van der Waals surface area (Å²) in [6.07, 6.45) is 12.0. The highest BCUT2D eigenvalue weighted by Crippen LogP contribution is 2.35. The Labute approximate surface area is 157 Å². The van der Waals surface area contributed by atoms with Gasteiger partial charge in [0.15, 0.2) is 34.6 Å². The molecule has 0 amide bonds. The highest BCUT2D eigenvalue weighted by molar-refractivity contribution is 5.49. The zero-order valence-electron chi connectivity index (χ0n) is 16.1. The molecule has 4 nitrogen and oxygen atoms in total. The molecule has 2 rings (SSSR count). The third kappa shape index (κ3) is 5.80. The number of ether oxygens (including phenoxy) is 2. The molecule has 0 aliphatic heterocycles. The summed E-state index contributed by atoms with van der Waals surface area (Å²) in [6, 6.07) is 0. The Bertz CT molecular complexity index is 569. The van der Waals surface area contributed by atoms with E-state index in [-0.39, 0.29) is 11.5 Å². The molecule has 0 aromatic carbocycles. The summed E-state index contributed by atoms with van der Waals surface area (Å²) in [5.41, 5.74) is -1.31. The molecule has 2 aliphatic carbocycles. The maximum absolute atomic E-state index is 11.0. The highest BCUT2D eigenvalue weighted by Gasteiger charge is 2.35. The number of allylic oxidation sites excluding steroid dienone is 2. The molecule has 2 aliphatic rings. The summed E-state index contributed by atoms with van der Waals surface area (Å²) in [5.74, 6) is 10.9. The molecule has 0 heterocycles. The lowest BCUT2D eigenvalue weighted by molar-refractivity contribution is 0.0333. The zero-order valence-corrected chi connectivity index (χ0v) is 16.1. The van der Waals surface area contributed by atoms with E-state index in [1.165, 1.54) is 0 Å². The van der Waals surface area contributed by atoms with Crippen molar-refractivity contribution in [2.75, 3.05) is 0 Å². The molecule has 0 spiro atoms. The molecule has 0 aromatic rings. The lowest BCUT2D eigenvalue weighted by atomic mass is 9.90. The molecule has 0 atom stereocenters. The summed E-state index contributed by atoms with van der Waals surface area (Å²) in [4.78, 5) is 22.0. The van der Waals surface area contributed by atoms with Crippen LogP contribution in [0.3, 0.4) is 0 Å². The van der Waals surface area contributed by atoms with Crippen molar-refractivity contribution in [3.05, 3.63) is 11.5 Å². The van der Waals surface area contributed by atoms with Crippen LogP contribution in [0.1, 0.15) is 90.9 Å². The van der Waals surface area contributed by atoms with E-state index >= 15 is 0 Å². The minimum Gasteiger partial charge on any atom is -0.468 e. The lowest BCUT2D eigenvalue weighted by Gasteiger charge is -2.31. The van der Waals surface area contributed by atoms with E-state index in [4.69, 9.17) is 9.47 Å². The molecule has 0 bridgehead atoms. The van der Waals surface area contributed by atoms with E-state index < -0.39 is 11.2 Å². The van der Waals surface area contributed by atoms with Crippen LogP contribution in [-0.2, 0) is 19.1 Å². The Morgan fingerprint density at radius 3 is 1.19 bits per heavy atom. The molecule has 142 valence electrons. The van der Waals surface area contributed by atoms with Gasteiger partial charge in [-0.05, 0) is 51.4 Å². The first kappa shape index (κ1) is 20.4. The maximum atomic E-state index is 11.0. The lowest BCUT2D eigenvalue weighted by Crippen LogP contribution is -2.34. The molecule has 0 aromatic heterocycles. The average molecular weight is 358 g/mol. The molecular formula is C22H30O4. The molecule has 26 heavy (non-hydrogen) atoms. The Morgan fingerprint density at radius 2 is 0.923 bits per heavy atom. The topological polar surface area (TPSA) is 52.6 Å². The monoisotopic (exact) mass is 358 g/mol. The van der Waals surface area contributed by atoms with Gasteiger partial charge in [0.05, 0.1) is 0 Å². The predicted octanol–water partition coefficient (Wildman–Crippen LogP) is 4.68. The Hall–Kier alpha value is -1.94. The van der Waals surface area contributed by atoms with Gasteiger partial charge >= 0.3 is 0 Å². The summed E-state index contributed by atoms with van der Waals surface area (Å²) < 4.78 is 12.0. The van der Waals surface area contributed by atoms with Gasteiger partial charge in [-0.15, -0.1) is 0 Å². The quantitative estimate of drug-likeness (QED) is 0.317. The van der Waals surface area contributed by atoms with E-state index in [9.17, 15) is 9.59 Å². The summed E-state index contributed by atoms with van der Waals surface area (Å²) >= 11 is 0. The minimum atomic E-state index is -0.653. The second kappa shape index (κ2) is 9.67. The van der Waals surface area contributed by atoms with Crippen LogP contribution >= 0.6 is 0 Å². The van der Waals surface area contributed by atoms with Crippen LogP contribution in [0.25, 0.3) is 0 Å². The number of hydrogen-bond acceptors (Lipinski definition) is 4. The molecule has 0 saturated heterocycles. The van der Waals surface area contributed by atoms with Crippen LogP contribution in [0.15, 0.2) is 11.5 Å². The molecule has 4 heteroatoms. The molecule has 2 fully saturated rings. The summed E-state index contributed by atoms with van der Waals surface area (Å²) in [5, 5.41) is 0. The standard InChI is InChI=1S/C22H30O4/c1-19(17-23)25-21(11-7-3-4-8-12-21)15-16-22(26-20(2)18-24)13-9-5-6-10-14-22/h3-14H2,1-2H3. The van der Waals surface area contributed by atoms with Crippen molar-refractivity contribution >= 4 is 11.9 Å². The van der Waals surface area contributed by atoms with Crippen molar-refractivity contribution in [3.8, 4) is 11.8 Å². The van der Waals surface area contributed by atoms with Crippen LogP contribution in [0.5, 0.6) is 0 Å². The second-order valence-corrected chi connectivity index (χ2v) is 7.59. The van der Waals surface area contributed by atoms with Crippen molar-refractivity contribution < 1.29 is 19.1 Å². The first-order valence-corrected chi connectivity index (χ1v) is 9.89. The third-order valence-corrected chi connectivity index (χ3v) is 5.32. The predicted molar refractivity (Wildman–Crippen MR) is 101 cm³/mol. The Kier molecular flexibility index (Phi) is 7.58. The van der Waals surface area contributed by atoms with Crippen molar-refractivity contribution in [1.82, 2.24) is 0 Å². The number of carbonyl (C=O) groups excluding carboxylic acids is 2. The van der Waals surface area contributed by atoms with Crippen molar-refractivity contribution in [3.63, 3.8) is 0 Å². The van der Waals surface area contributed by atoms with Crippen LogP contribution in [0.2, 0.25) is 0 Å². The maximum Gasteiger partial charge on any atom is 0.178 e. The van der Waals surface area contributed by atoms with Crippen molar-refractivity contribution in [2.24, 2.45) is 0 Å². The second-order valence-electron chi connectivity index (χ2n) is 7.59. The van der Waals surface area contributed by atoms with Gasteiger partial charge in [0.2, 0.25) is 0 Å². The third-order valence-electron chi connectivity index (χ3n) is 5.32. The van der Waals surface area contributed by atoms with Gasteiger partial charge in [-0.1, -0.05) is 37.5 Å². The fraction of sp³-hybridized carbons (Fsp3) is 0.727. The van der Waals surface area contributed by atoms with Gasteiger partial charge in [0, 0.05) is 13.8 Å². The van der Waals surface area contributed by atoms with Crippen molar-refractivity contribution in [2.45, 2.75) is 102 Å². The van der Waals surface area contributed by atoms with E-state index in [0.29, 0.717) is 0 Å². The number of rotatable bonds is 4. The normalized spacial score (nSPS) is 21.5. The molecule has 2 saturated carbocycles. The SMILES string of the molecule is CC(=C=O)OC1(C#CC2(OC(C)=C=O)CCCCCC2)CCCCCC1. The van der Waals surface area contributed by atoms with Gasteiger partial charge in [-0.25, -0.2) is 9.59 Å².